The van der Waals surface area contributed by atoms with Crippen molar-refractivity contribution in [3.8, 4) is 10.6 Å². The Morgan fingerprint density at radius 3 is 2.64 bits per heavy atom. The highest BCUT2D eigenvalue weighted by molar-refractivity contribution is 7.19. The molecular formula is C20H27N5O2S. The molecule has 2 aromatic heterocycles. The summed E-state index contributed by atoms with van der Waals surface area (Å²) < 4.78 is 0. The van der Waals surface area contributed by atoms with Gasteiger partial charge in [-0.3, -0.25) is 19.6 Å². The number of rotatable bonds is 4. The first-order valence-corrected chi connectivity index (χ1v) is 10.4. The van der Waals surface area contributed by atoms with Crippen molar-refractivity contribution in [1.29, 1.82) is 0 Å². The topological polar surface area (TPSA) is 88.1 Å². The lowest BCUT2D eigenvalue weighted by Gasteiger charge is -2.36. The lowest BCUT2D eigenvalue weighted by molar-refractivity contribution is -0.141. The number of anilines is 1. The van der Waals surface area contributed by atoms with Gasteiger partial charge in [0.2, 0.25) is 11.8 Å². The van der Waals surface area contributed by atoms with Crippen molar-refractivity contribution in [3.63, 3.8) is 0 Å². The Bertz CT molecular complexity index is 841. The molecule has 0 saturated carbocycles. The summed E-state index contributed by atoms with van der Waals surface area (Å²) in [6, 6.07) is 0. The number of nitrogens with zero attached hydrogens (tertiary/aromatic N) is 4. The quantitative estimate of drug-likeness (QED) is 0.848. The van der Waals surface area contributed by atoms with E-state index in [0.29, 0.717) is 11.0 Å². The van der Waals surface area contributed by atoms with Crippen LogP contribution in [0.3, 0.4) is 0 Å². The summed E-state index contributed by atoms with van der Waals surface area (Å²) in [7, 11) is 0. The van der Waals surface area contributed by atoms with Crippen LogP contribution in [0.2, 0.25) is 0 Å². The van der Waals surface area contributed by atoms with E-state index < -0.39 is 0 Å². The first kappa shape index (κ1) is 20.4. The first-order valence-electron chi connectivity index (χ1n) is 9.56. The normalized spacial score (nSPS) is 17.4. The SMILES string of the molecule is CC(=O)Nc1ncc(-c2cnc(CC3CCCN(C(=O)C(C)(C)C)C3)cn2)s1. The van der Waals surface area contributed by atoms with Crippen LogP contribution >= 0.6 is 11.3 Å². The van der Waals surface area contributed by atoms with E-state index >= 15 is 0 Å². The number of carbonyl (C=O) groups is 2. The fourth-order valence-electron chi connectivity index (χ4n) is 3.37. The molecule has 0 aliphatic carbocycles. The largest absolute Gasteiger partial charge is 0.342 e. The van der Waals surface area contributed by atoms with Gasteiger partial charge in [-0.15, -0.1) is 0 Å². The van der Waals surface area contributed by atoms with Crippen molar-refractivity contribution in [2.75, 3.05) is 18.4 Å². The van der Waals surface area contributed by atoms with Gasteiger partial charge in [0.1, 0.15) is 5.69 Å². The van der Waals surface area contributed by atoms with Gasteiger partial charge in [-0.05, 0) is 25.2 Å². The third-order valence-electron chi connectivity index (χ3n) is 4.69. The van der Waals surface area contributed by atoms with Crippen molar-refractivity contribution in [3.05, 3.63) is 24.3 Å². The molecule has 8 heteroatoms. The number of likely N-dealkylation sites (tertiary alicyclic amines) is 1. The summed E-state index contributed by atoms with van der Waals surface area (Å²) in [5, 5.41) is 3.23. The van der Waals surface area contributed by atoms with E-state index in [2.05, 4.69) is 20.3 Å². The number of carbonyl (C=O) groups excluding carboxylic acids is 2. The first-order chi connectivity index (χ1) is 13.2. The smallest absolute Gasteiger partial charge is 0.227 e. The molecule has 1 aliphatic heterocycles. The molecule has 3 rings (SSSR count). The van der Waals surface area contributed by atoms with Gasteiger partial charge < -0.3 is 10.2 Å². The Morgan fingerprint density at radius 1 is 1.21 bits per heavy atom. The van der Waals surface area contributed by atoms with Crippen LogP contribution in [-0.2, 0) is 16.0 Å². The Balaban J connectivity index is 1.62. The number of aromatic nitrogens is 3. The minimum atomic E-state index is -0.339. The van der Waals surface area contributed by atoms with Crippen LogP contribution in [0.4, 0.5) is 5.13 Å². The Kier molecular flexibility index (Phi) is 6.07. The van der Waals surface area contributed by atoms with Crippen molar-refractivity contribution < 1.29 is 9.59 Å². The molecular weight excluding hydrogens is 374 g/mol. The van der Waals surface area contributed by atoms with Gasteiger partial charge in [-0.25, -0.2) is 4.98 Å². The number of thiazole rings is 1. The zero-order valence-corrected chi connectivity index (χ0v) is 17.7. The predicted octanol–water partition coefficient (Wildman–Crippen LogP) is 3.39. The second-order valence-electron chi connectivity index (χ2n) is 8.32. The summed E-state index contributed by atoms with van der Waals surface area (Å²) in [4.78, 5) is 39.8. The van der Waals surface area contributed by atoms with Crippen molar-refractivity contribution in [1.82, 2.24) is 19.9 Å². The highest BCUT2D eigenvalue weighted by Crippen LogP contribution is 2.28. The zero-order chi connectivity index (χ0) is 20.3. The molecule has 0 bridgehead atoms. The fourth-order valence-corrected chi connectivity index (χ4v) is 4.20. The van der Waals surface area contributed by atoms with Crippen LogP contribution in [-0.4, -0.2) is 44.8 Å². The summed E-state index contributed by atoms with van der Waals surface area (Å²) in [6.07, 6.45) is 8.20. The molecule has 0 radical (unpaired) electrons. The molecule has 2 aromatic rings. The third-order valence-corrected chi connectivity index (χ3v) is 5.63. The molecule has 0 spiro atoms. The van der Waals surface area contributed by atoms with Gasteiger partial charge in [0, 0.05) is 37.8 Å². The number of piperidine rings is 1. The van der Waals surface area contributed by atoms with E-state index in [-0.39, 0.29) is 17.2 Å². The van der Waals surface area contributed by atoms with Crippen LogP contribution in [0.15, 0.2) is 18.6 Å². The zero-order valence-electron chi connectivity index (χ0n) is 16.9. The lowest BCUT2D eigenvalue weighted by atomic mass is 9.89. The fraction of sp³-hybridized carbons (Fsp3) is 0.550. The van der Waals surface area contributed by atoms with Crippen molar-refractivity contribution in [2.45, 2.75) is 47.0 Å². The van der Waals surface area contributed by atoms with Gasteiger partial charge in [0.25, 0.3) is 0 Å². The summed E-state index contributed by atoms with van der Waals surface area (Å²) in [5.74, 6) is 0.488. The number of nitrogens with one attached hydrogen (secondary N) is 1. The van der Waals surface area contributed by atoms with E-state index in [1.807, 2.05) is 25.7 Å². The van der Waals surface area contributed by atoms with Crippen LogP contribution in [0.25, 0.3) is 10.6 Å². The highest BCUT2D eigenvalue weighted by atomic mass is 32.1. The maximum absolute atomic E-state index is 12.6. The van der Waals surface area contributed by atoms with Crippen molar-refractivity contribution in [2.24, 2.45) is 11.3 Å². The molecule has 1 N–H and O–H groups in total. The van der Waals surface area contributed by atoms with Crippen LogP contribution in [0.1, 0.15) is 46.2 Å². The van der Waals surface area contributed by atoms with Gasteiger partial charge >= 0.3 is 0 Å². The molecule has 1 saturated heterocycles. The minimum absolute atomic E-state index is 0.145. The average molecular weight is 402 g/mol. The predicted molar refractivity (Wildman–Crippen MR) is 110 cm³/mol. The van der Waals surface area contributed by atoms with Crippen LogP contribution in [0, 0.1) is 11.3 Å². The summed E-state index contributed by atoms with van der Waals surface area (Å²) in [5.41, 5.74) is 1.34. The molecule has 1 fully saturated rings. The number of hydrogen-bond donors (Lipinski definition) is 1. The van der Waals surface area contributed by atoms with E-state index in [0.717, 1.165) is 48.6 Å². The van der Waals surface area contributed by atoms with E-state index in [4.69, 9.17) is 0 Å². The highest BCUT2D eigenvalue weighted by Gasteiger charge is 2.31. The van der Waals surface area contributed by atoms with Crippen molar-refractivity contribution >= 4 is 28.3 Å². The van der Waals surface area contributed by atoms with Gasteiger partial charge in [0.05, 0.1) is 16.8 Å². The summed E-state index contributed by atoms with van der Waals surface area (Å²) >= 11 is 1.37. The number of amides is 2. The molecule has 3 heterocycles. The minimum Gasteiger partial charge on any atom is -0.342 e. The molecule has 1 atom stereocenters. The second-order valence-corrected chi connectivity index (χ2v) is 9.35. The molecule has 7 nitrogen and oxygen atoms in total. The Morgan fingerprint density at radius 2 is 2.00 bits per heavy atom. The van der Waals surface area contributed by atoms with Crippen LogP contribution in [0.5, 0.6) is 0 Å². The second kappa shape index (κ2) is 8.34. The molecule has 1 aliphatic rings. The molecule has 150 valence electrons. The van der Waals surface area contributed by atoms with Crippen LogP contribution < -0.4 is 5.32 Å². The number of hydrogen-bond acceptors (Lipinski definition) is 6. The van der Waals surface area contributed by atoms with E-state index in [9.17, 15) is 9.59 Å². The third kappa shape index (κ3) is 5.13. The Hall–Kier alpha value is -2.35. The van der Waals surface area contributed by atoms with Gasteiger partial charge in [-0.2, -0.15) is 0 Å². The molecule has 0 aromatic carbocycles. The van der Waals surface area contributed by atoms with E-state index in [1.165, 1.54) is 18.3 Å². The Labute approximate surface area is 169 Å². The standard InChI is InChI=1S/C20H27N5O2S/c1-13(26)24-19-23-11-17(28-19)16-10-21-15(9-22-16)8-14-6-5-7-25(12-14)18(27)20(2,3)4/h9-11,14H,5-8,12H2,1-4H3,(H,23,24,26). The van der Waals surface area contributed by atoms with Gasteiger partial charge in [-0.1, -0.05) is 32.1 Å². The maximum atomic E-state index is 12.6. The molecule has 28 heavy (non-hydrogen) atoms. The molecule has 2 amide bonds. The molecule has 1 unspecified atom stereocenters. The van der Waals surface area contributed by atoms with E-state index in [1.54, 1.807) is 18.6 Å². The average Bonchev–Trinajstić information content (AvgIpc) is 3.09. The monoisotopic (exact) mass is 401 g/mol. The lowest BCUT2D eigenvalue weighted by Crippen LogP contribution is -2.45. The van der Waals surface area contributed by atoms with Gasteiger partial charge in [0.15, 0.2) is 5.13 Å². The maximum Gasteiger partial charge on any atom is 0.227 e. The summed E-state index contributed by atoms with van der Waals surface area (Å²) in [6.45, 7) is 9.00.